The van der Waals surface area contributed by atoms with Gasteiger partial charge in [-0.05, 0) is 23.8 Å². The van der Waals surface area contributed by atoms with Gasteiger partial charge >= 0.3 is 0 Å². The molecule has 0 aliphatic carbocycles. The highest BCUT2D eigenvalue weighted by atomic mass is 16.5. The highest BCUT2D eigenvalue weighted by Gasteiger charge is 2.30. The van der Waals surface area contributed by atoms with Gasteiger partial charge in [0.2, 0.25) is 11.8 Å². The Bertz CT molecular complexity index is 727. The zero-order chi connectivity index (χ0) is 15.5. The fourth-order valence-corrected chi connectivity index (χ4v) is 2.61. The summed E-state index contributed by atoms with van der Waals surface area (Å²) < 4.78 is 5.23. The number of fused-ring (bicyclic) bond motifs is 1. The number of ether oxygens (including phenoxy) is 1. The van der Waals surface area contributed by atoms with Gasteiger partial charge in [-0.2, -0.15) is 0 Å². The molecule has 5 nitrogen and oxygen atoms in total. The van der Waals surface area contributed by atoms with Crippen LogP contribution in [-0.4, -0.2) is 18.9 Å². The lowest BCUT2D eigenvalue weighted by molar-refractivity contribution is -0.123. The Morgan fingerprint density at radius 2 is 1.91 bits per heavy atom. The molecule has 3 rings (SSSR count). The predicted molar refractivity (Wildman–Crippen MR) is 84.1 cm³/mol. The molecule has 22 heavy (non-hydrogen) atoms. The lowest BCUT2D eigenvalue weighted by Crippen LogP contribution is -2.30. The number of anilines is 2. The number of benzene rings is 2. The van der Waals surface area contributed by atoms with E-state index in [1.165, 1.54) is 0 Å². The third-order valence-corrected chi connectivity index (χ3v) is 3.68. The molecule has 112 valence electrons. The van der Waals surface area contributed by atoms with Crippen LogP contribution in [0.1, 0.15) is 17.9 Å². The van der Waals surface area contributed by atoms with Gasteiger partial charge in [-0.1, -0.05) is 30.3 Å². The normalized spacial score (nSPS) is 16.4. The summed E-state index contributed by atoms with van der Waals surface area (Å²) in [6, 6.07) is 14.6. The van der Waals surface area contributed by atoms with Crippen molar-refractivity contribution in [3.8, 4) is 5.75 Å². The van der Waals surface area contributed by atoms with Crippen molar-refractivity contribution in [2.45, 2.75) is 12.3 Å². The molecule has 0 saturated heterocycles. The predicted octanol–water partition coefficient (Wildman–Crippen LogP) is 2.76. The van der Waals surface area contributed by atoms with E-state index in [0.29, 0.717) is 17.1 Å². The fraction of sp³-hybridized carbons (Fsp3) is 0.176. The van der Waals surface area contributed by atoms with Crippen molar-refractivity contribution in [2.24, 2.45) is 0 Å². The van der Waals surface area contributed by atoms with Gasteiger partial charge in [0, 0.05) is 12.1 Å². The van der Waals surface area contributed by atoms with Crippen LogP contribution in [0.5, 0.6) is 5.75 Å². The molecule has 0 spiro atoms. The maximum atomic E-state index is 12.6. The smallest absolute Gasteiger partial charge is 0.232 e. The first kappa shape index (κ1) is 14.1. The van der Waals surface area contributed by atoms with Crippen molar-refractivity contribution >= 4 is 23.2 Å². The summed E-state index contributed by atoms with van der Waals surface area (Å²) in [5.74, 6) is -0.287. The summed E-state index contributed by atoms with van der Waals surface area (Å²) in [6.07, 6.45) is 0.137. The molecule has 1 heterocycles. The summed E-state index contributed by atoms with van der Waals surface area (Å²) in [5.41, 5.74) is 2.12. The van der Waals surface area contributed by atoms with Crippen LogP contribution in [0.25, 0.3) is 0 Å². The lowest BCUT2D eigenvalue weighted by Gasteiger charge is -2.25. The van der Waals surface area contributed by atoms with Gasteiger partial charge in [0.15, 0.2) is 0 Å². The quantitative estimate of drug-likeness (QED) is 0.915. The van der Waals surface area contributed by atoms with Crippen LogP contribution in [0.3, 0.4) is 0 Å². The molecular weight excluding hydrogens is 280 g/mol. The topological polar surface area (TPSA) is 67.4 Å². The first-order chi connectivity index (χ1) is 10.7. The van der Waals surface area contributed by atoms with E-state index in [9.17, 15) is 9.59 Å². The molecule has 1 aliphatic heterocycles. The molecule has 1 aliphatic rings. The van der Waals surface area contributed by atoms with Crippen molar-refractivity contribution < 1.29 is 14.3 Å². The average Bonchev–Trinajstić information content (AvgIpc) is 2.54. The Balaban J connectivity index is 1.88. The lowest BCUT2D eigenvalue weighted by atomic mass is 9.90. The minimum atomic E-state index is -0.505. The van der Waals surface area contributed by atoms with Crippen molar-refractivity contribution in [3.63, 3.8) is 0 Å². The summed E-state index contributed by atoms with van der Waals surface area (Å²) >= 11 is 0. The Morgan fingerprint density at radius 3 is 2.73 bits per heavy atom. The van der Waals surface area contributed by atoms with E-state index in [4.69, 9.17) is 4.74 Å². The summed E-state index contributed by atoms with van der Waals surface area (Å²) in [5, 5.41) is 5.64. The molecule has 0 radical (unpaired) electrons. The fourth-order valence-electron chi connectivity index (χ4n) is 2.61. The van der Waals surface area contributed by atoms with Crippen LogP contribution >= 0.6 is 0 Å². The van der Waals surface area contributed by atoms with Crippen LogP contribution in [0.15, 0.2) is 48.5 Å². The number of carbonyl (C=O) groups is 2. The van der Waals surface area contributed by atoms with E-state index < -0.39 is 5.92 Å². The summed E-state index contributed by atoms with van der Waals surface area (Å²) in [4.78, 5) is 24.4. The maximum Gasteiger partial charge on any atom is 0.232 e. The largest absolute Gasteiger partial charge is 0.495 e. The summed E-state index contributed by atoms with van der Waals surface area (Å²) in [7, 11) is 1.55. The second-order valence-electron chi connectivity index (χ2n) is 5.08. The van der Waals surface area contributed by atoms with Gasteiger partial charge in [-0.25, -0.2) is 0 Å². The average molecular weight is 296 g/mol. The van der Waals surface area contributed by atoms with Gasteiger partial charge in [-0.3, -0.25) is 9.59 Å². The highest BCUT2D eigenvalue weighted by molar-refractivity contribution is 6.05. The molecular formula is C17H16N2O3. The number of amides is 2. The number of hydrogen-bond acceptors (Lipinski definition) is 3. The number of rotatable bonds is 3. The van der Waals surface area contributed by atoms with Crippen molar-refractivity contribution in [1.82, 2.24) is 0 Å². The van der Waals surface area contributed by atoms with Crippen molar-refractivity contribution in [1.29, 1.82) is 0 Å². The number of nitrogens with one attached hydrogen (secondary N) is 2. The minimum absolute atomic E-state index is 0.137. The standard InChI is InChI=1S/C17H16N2O3/c1-22-15-9-5-4-8-14(15)19-17(21)12-10-16(20)18-13-7-3-2-6-11(12)13/h2-9,12H,10H2,1H3,(H,18,20)(H,19,21)/t12-/m0/s1. The van der Waals surface area contributed by atoms with Gasteiger partial charge in [-0.15, -0.1) is 0 Å². The molecule has 0 aromatic heterocycles. The zero-order valence-corrected chi connectivity index (χ0v) is 12.1. The van der Waals surface area contributed by atoms with E-state index in [1.54, 1.807) is 25.3 Å². The van der Waals surface area contributed by atoms with E-state index >= 15 is 0 Å². The first-order valence-corrected chi connectivity index (χ1v) is 7.01. The second kappa shape index (κ2) is 5.89. The third-order valence-electron chi connectivity index (χ3n) is 3.68. The van der Waals surface area contributed by atoms with E-state index in [1.807, 2.05) is 30.3 Å². The molecule has 2 aromatic rings. The maximum absolute atomic E-state index is 12.6. The molecule has 0 saturated carbocycles. The molecule has 2 amide bonds. The van der Waals surface area contributed by atoms with Crippen LogP contribution in [-0.2, 0) is 9.59 Å². The first-order valence-electron chi connectivity index (χ1n) is 7.01. The Labute approximate surface area is 128 Å². The Morgan fingerprint density at radius 1 is 1.18 bits per heavy atom. The molecule has 0 fully saturated rings. The van der Waals surface area contributed by atoms with Gasteiger partial charge in [0.25, 0.3) is 0 Å². The molecule has 2 aromatic carbocycles. The van der Waals surface area contributed by atoms with Gasteiger partial charge in [0.1, 0.15) is 5.75 Å². The van der Waals surface area contributed by atoms with E-state index in [2.05, 4.69) is 10.6 Å². The van der Waals surface area contributed by atoms with Crippen molar-refractivity contribution in [2.75, 3.05) is 17.7 Å². The van der Waals surface area contributed by atoms with E-state index in [-0.39, 0.29) is 18.2 Å². The number of para-hydroxylation sites is 3. The number of methoxy groups -OCH3 is 1. The Kier molecular flexibility index (Phi) is 3.78. The molecule has 1 atom stereocenters. The molecule has 5 heteroatoms. The van der Waals surface area contributed by atoms with Crippen molar-refractivity contribution in [3.05, 3.63) is 54.1 Å². The summed E-state index contributed by atoms with van der Waals surface area (Å²) in [6.45, 7) is 0. The van der Waals surface area contributed by atoms with Crippen LogP contribution in [0.4, 0.5) is 11.4 Å². The highest BCUT2D eigenvalue weighted by Crippen LogP contribution is 2.33. The SMILES string of the molecule is COc1ccccc1NC(=O)[C@H]1CC(=O)Nc2ccccc21. The van der Waals surface area contributed by atoms with Gasteiger partial charge < -0.3 is 15.4 Å². The van der Waals surface area contributed by atoms with Crippen LogP contribution in [0, 0.1) is 0 Å². The number of carbonyl (C=O) groups excluding carboxylic acids is 2. The molecule has 0 unspecified atom stereocenters. The molecule has 2 N–H and O–H groups in total. The number of hydrogen-bond donors (Lipinski definition) is 2. The zero-order valence-electron chi connectivity index (χ0n) is 12.1. The third kappa shape index (κ3) is 2.65. The van der Waals surface area contributed by atoms with E-state index in [0.717, 1.165) is 5.56 Å². The van der Waals surface area contributed by atoms with Crippen LogP contribution in [0.2, 0.25) is 0 Å². The Hall–Kier alpha value is -2.82. The minimum Gasteiger partial charge on any atom is -0.495 e. The monoisotopic (exact) mass is 296 g/mol. The second-order valence-corrected chi connectivity index (χ2v) is 5.08. The van der Waals surface area contributed by atoms with Crippen LogP contribution < -0.4 is 15.4 Å². The molecule has 0 bridgehead atoms. The van der Waals surface area contributed by atoms with Gasteiger partial charge in [0.05, 0.1) is 18.7 Å².